The summed E-state index contributed by atoms with van der Waals surface area (Å²) in [6.07, 6.45) is 5.70. The van der Waals surface area contributed by atoms with Crippen molar-refractivity contribution in [3.05, 3.63) is 41.0 Å². The maximum absolute atomic E-state index is 13.1. The third-order valence-corrected chi connectivity index (χ3v) is 5.96. The number of fused-ring (bicyclic) bond motifs is 4. The van der Waals surface area contributed by atoms with Gasteiger partial charge in [0.2, 0.25) is 6.79 Å². The van der Waals surface area contributed by atoms with Gasteiger partial charge in [0.05, 0.1) is 11.7 Å². The largest absolute Gasteiger partial charge is 0.458 e. The summed E-state index contributed by atoms with van der Waals surface area (Å²) in [7, 11) is 0. The van der Waals surface area contributed by atoms with Crippen molar-refractivity contribution in [2.24, 2.45) is 5.92 Å². The zero-order chi connectivity index (χ0) is 22.3. The molecule has 1 N–H and O–H groups in total. The summed E-state index contributed by atoms with van der Waals surface area (Å²) < 4.78 is 29.0. The third-order valence-electron chi connectivity index (χ3n) is 5.96. The van der Waals surface area contributed by atoms with Crippen molar-refractivity contribution in [1.29, 1.82) is 0 Å². The van der Waals surface area contributed by atoms with E-state index < -0.39 is 30.1 Å². The normalized spacial score (nSPS) is 34.3. The summed E-state index contributed by atoms with van der Waals surface area (Å²) in [5.41, 5.74) is 1.84. The number of carbonyl (C=O) groups excluding carboxylic acids is 1. The third kappa shape index (κ3) is 4.35. The first kappa shape index (κ1) is 21.9. The van der Waals surface area contributed by atoms with Crippen LogP contribution in [-0.2, 0) is 14.2 Å². The van der Waals surface area contributed by atoms with Crippen LogP contribution in [0, 0.1) is 12.8 Å². The Morgan fingerprint density at radius 2 is 1.90 bits per heavy atom. The zero-order valence-electron chi connectivity index (χ0n) is 18.6. The molecular weight excluding hydrogens is 400 g/mol. The molecule has 0 aliphatic carbocycles. The Morgan fingerprint density at radius 3 is 2.68 bits per heavy atom. The number of aliphatic hydroxyl groups is 1. The van der Waals surface area contributed by atoms with E-state index in [2.05, 4.69) is 0 Å². The van der Waals surface area contributed by atoms with Crippen LogP contribution in [0.4, 0.5) is 0 Å². The number of hydrogen-bond donors (Lipinski definition) is 1. The van der Waals surface area contributed by atoms with Gasteiger partial charge in [-0.05, 0) is 45.7 Å². The van der Waals surface area contributed by atoms with E-state index in [9.17, 15) is 9.90 Å². The Bertz CT molecular complexity index is 917. The number of cyclic esters (lactones) is 1. The Labute approximate surface area is 182 Å². The SMILES string of the molecule is Cc1cc2c(c3c1C(=O)O[C@@H](C)[C@H](C)/C=C\C(O)[C@H]1OC(C)(C)O[C@H]1C/C=C/3)OCO2. The van der Waals surface area contributed by atoms with Gasteiger partial charge in [0, 0.05) is 11.5 Å². The van der Waals surface area contributed by atoms with Crippen LogP contribution in [0.2, 0.25) is 0 Å². The minimum atomic E-state index is -0.844. The summed E-state index contributed by atoms with van der Waals surface area (Å²) in [5.74, 6) is -0.184. The molecule has 7 nitrogen and oxygen atoms in total. The highest BCUT2D eigenvalue weighted by molar-refractivity contribution is 5.97. The Kier molecular flexibility index (Phi) is 5.85. The molecule has 0 aromatic heterocycles. The van der Waals surface area contributed by atoms with Crippen molar-refractivity contribution in [3.63, 3.8) is 0 Å². The van der Waals surface area contributed by atoms with E-state index in [1.165, 1.54) is 0 Å². The van der Waals surface area contributed by atoms with Gasteiger partial charge >= 0.3 is 5.97 Å². The molecular formula is C24H30O7. The molecule has 5 atom stereocenters. The minimum absolute atomic E-state index is 0.106. The van der Waals surface area contributed by atoms with E-state index in [0.29, 0.717) is 29.0 Å². The van der Waals surface area contributed by atoms with Crippen molar-refractivity contribution in [2.75, 3.05) is 6.79 Å². The summed E-state index contributed by atoms with van der Waals surface area (Å²) in [4.78, 5) is 13.1. The Balaban J connectivity index is 1.77. The molecule has 3 aliphatic rings. The van der Waals surface area contributed by atoms with Crippen molar-refractivity contribution >= 4 is 12.0 Å². The second-order valence-electron chi connectivity index (χ2n) is 8.84. The van der Waals surface area contributed by atoms with Crippen molar-refractivity contribution in [1.82, 2.24) is 0 Å². The lowest BCUT2D eigenvalue weighted by atomic mass is 9.97. The lowest BCUT2D eigenvalue weighted by molar-refractivity contribution is -0.152. The lowest BCUT2D eigenvalue weighted by Gasteiger charge is -2.22. The smallest absolute Gasteiger partial charge is 0.339 e. The number of esters is 1. The molecule has 0 spiro atoms. The topological polar surface area (TPSA) is 83.5 Å². The van der Waals surface area contributed by atoms with Gasteiger partial charge in [-0.1, -0.05) is 31.2 Å². The van der Waals surface area contributed by atoms with Crippen molar-refractivity contribution in [2.45, 2.75) is 71.2 Å². The van der Waals surface area contributed by atoms with Gasteiger partial charge in [0.1, 0.15) is 18.3 Å². The van der Waals surface area contributed by atoms with Gasteiger partial charge in [-0.2, -0.15) is 0 Å². The van der Waals surface area contributed by atoms with Crippen molar-refractivity contribution < 1.29 is 33.6 Å². The number of hydrogen-bond acceptors (Lipinski definition) is 7. The average molecular weight is 430 g/mol. The minimum Gasteiger partial charge on any atom is -0.458 e. The fraction of sp³-hybridized carbons (Fsp3) is 0.542. The standard InChI is InChI=1S/C24H30O7/c1-13-9-10-17(25)22-18(30-24(4,5)31-22)8-6-7-16-20(23(26)29-15(13)3)14(2)11-19-21(16)28-12-27-19/h6-7,9-11,13,15,17-18,22,25H,8,12H2,1-5H3/b7-6+,10-9-/t13-,15+,17?,18+,22-/m1/s1. The molecule has 168 valence electrons. The van der Waals surface area contributed by atoms with Gasteiger partial charge in [-0.3, -0.25) is 0 Å². The Morgan fingerprint density at radius 1 is 1.13 bits per heavy atom. The van der Waals surface area contributed by atoms with E-state index >= 15 is 0 Å². The maximum Gasteiger partial charge on any atom is 0.339 e. The summed E-state index contributed by atoms with van der Waals surface area (Å²) in [6, 6.07) is 1.80. The molecule has 1 saturated heterocycles. The van der Waals surface area contributed by atoms with E-state index in [-0.39, 0.29) is 18.8 Å². The highest BCUT2D eigenvalue weighted by Crippen LogP contribution is 2.41. The van der Waals surface area contributed by atoms with Crippen LogP contribution in [0.1, 0.15) is 55.6 Å². The van der Waals surface area contributed by atoms with Gasteiger partial charge in [-0.25, -0.2) is 4.79 Å². The first-order chi connectivity index (χ1) is 14.7. The van der Waals surface area contributed by atoms with Gasteiger partial charge in [-0.15, -0.1) is 0 Å². The molecule has 1 aromatic carbocycles. The summed E-state index contributed by atoms with van der Waals surface area (Å²) in [6.45, 7) is 9.41. The fourth-order valence-corrected chi connectivity index (χ4v) is 4.18. The first-order valence-electron chi connectivity index (χ1n) is 10.7. The van der Waals surface area contributed by atoms with Crippen LogP contribution in [0.5, 0.6) is 11.5 Å². The quantitative estimate of drug-likeness (QED) is 0.496. The molecule has 0 amide bonds. The second-order valence-corrected chi connectivity index (χ2v) is 8.84. The number of ether oxygens (including phenoxy) is 5. The van der Waals surface area contributed by atoms with Crippen molar-refractivity contribution in [3.8, 4) is 11.5 Å². The van der Waals surface area contributed by atoms with Crippen LogP contribution in [0.15, 0.2) is 24.3 Å². The zero-order valence-corrected chi connectivity index (χ0v) is 18.6. The van der Waals surface area contributed by atoms with E-state index in [1.54, 1.807) is 12.1 Å². The van der Waals surface area contributed by atoms with Crippen LogP contribution in [0.3, 0.4) is 0 Å². The first-order valence-corrected chi connectivity index (χ1v) is 10.7. The summed E-state index contributed by atoms with van der Waals surface area (Å²) in [5, 5.41) is 10.7. The second kappa shape index (κ2) is 8.30. The van der Waals surface area contributed by atoms with Gasteiger partial charge < -0.3 is 28.8 Å². The molecule has 0 radical (unpaired) electrons. The number of aliphatic hydroxyl groups excluding tert-OH is 1. The number of rotatable bonds is 0. The highest BCUT2D eigenvalue weighted by atomic mass is 16.8. The van der Waals surface area contributed by atoms with Crippen LogP contribution in [0.25, 0.3) is 6.08 Å². The number of benzene rings is 1. The highest BCUT2D eigenvalue weighted by Gasteiger charge is 2.43. The Hall–Kier alpha value is -2.35. The average Bonchev–Trinajstić information content (AvgIpc) is 3.28. The predicted molar refractivity (Wildman–Crippen MR) is 114 cm³/mol. The van der Waals surface area contributed by atoms with E-state index in [1.807, 2.05) is 52.8 Å². The molecule has 7 heteroatoms. The predicted octanol–water partition coefficient (Wildman–Crippen LogP) is 3.76. The fourth-order valence-electron chi connectivity index (χ4n) is 4.18. The molecule has 1 fully saturated rings. The van der Waals surface area contributed by atoms with Crippen LogP contribution < -0.4 is 9.47 Å². The molecule has 1 aromatic rings. The van der Waals surface area contributed by atoms with E-state index in [4.69, 9.17) is 23.7 Å². The van der Waals surface area contributed by atoms with Crippen LogP contribution in [-0.4, -0.2) is 48.1 Å². The molecule has 31 heavy (non-hydrogen) atoms. The molecule has 0 bridgehead atoms. The van der Waals surface area contributed by atoms with E-state index in [0.717, 1.165) is 5.56 Å². The lowest BCUT2D eigenvalue weighted by Crippen LogP contribution is -2.34. The molecule has 1 unspecified atom stereocenters. The summed E-state index contributed by atoms with van der Waals surface area (Å²) >= 11 is 0. The molecule has 3 heterocycles. The maximum atomic E-state index is 13.1. The number of carbonyl (C=O) groups is 1. The van der Waals surface area contributed by atoms with Crippen LogP contribution >= 0.6 is 0 Å². The number of aryl methyl sites for hydroxylation is 1. The van der Waals surface area contributed by atoms with Gasteiger partial charge in [0.25, 0.3) is 0 Å². The molecule has 4 rings (SSSR count). The molecule has 0 saturated carbocycles. The molecule has 3 aliphatic heterocycles. The monoisotopic (exact) mass is 430 g/mol. The van der Waals surface area contributed by atoms with Gasteiger partial charge in [0.15, 0.2) is 17.3 Å².